The number of unbranched alkanes of at least 4 members (excludes halogenated alkanes) is 1. The van der Waals surface area contributed by atoms with Gasteiger partial charge in [0, 0.05) is 26.2 Å². The Balaban J connectivity index is 0.00000392. The summed E-state index contributed by atoms with van der Waals surface area (Å²) in [5, 5.41) is 13.9. The molecule has 2 N–H and O–H groups in total. The van der Waals surface area contributed by atoms with Crippen LogP contribution in [0.25, 0.3) is 0 Å². The molecule has 0 saturated heterocycles. The number of benzene rings is 1. The topological polar surface area (TPSA) is 67.1 Å². The van der Waals surface area contributed by atoms with E-state index in [0.717, 1.165) is 43.6 Å². The van der Waals surface area contributed by atoms with Gasteiger partial charge in [0.25, 0.3) is 0 Å². The van der Waals surface area contributed by atoms with E-state index in [1.807, 2.05) is 11.5 Å². The third-order valence-corrected chi connectivity index (χ3v) is 3.89. The summed E-state index contributed by atoms with van der Waals surface area (Å²) in [6, 6.07) is 5.26. The van der Waals surface area contributed by atoms with E-state index in [1.54, 1.807) is 12.7 Å². The Morgan fingerprint density at radius 1 is 1.07 bits per heavy atom. The van der Waals surface area contributed by atoms with Crippen molar-refractivity contribution in [2.75, 3.05) is 19.6 Å². The van der Waals surface area contributed by atoms with Crippen molar-refractivity contribution < 1.29 is 13.2 Å². The van der Waals surface area contributed by atoms with Gasteiger partial charge >= 0.3 is 6.18 Å². The van der Waals surface area contributed by atoms with Crippen LogP contribution in [0.1, 0.15) is 30.9 Å². The van der Waals surface area contributed by atoms with E-state index >= 15 is 0 Å². The van der Waals surface area contributed by atoms with Crippen molar-refractivity contribution in [2.45, 2.75) is 38.9 Å². The fraction of sp³-hybridized carbons (Fsp3) is 0.500. The number of aryl methyl sites for hydroxylation is 1. The molecule has 28 heavy (non-hydrogen) atoms. The Kier molecular flexibility index (Phi) is 10.9. The van der Waals surface area contributed by atoms with Crippen LogP contribution in [0.3, 0.4) is 0 Å². The smallest absolute Gasteiger partial charge is 0.357 e. The summed E-state index contributed by atoms with van der Waals surface area (Å²) in [4.78, 5) is 4.52. The molecule has 0 spiro atoms. The van der Waals surface area contributed by atoms with E-state index in [9.17, 15) is 13.2 Å². The number of aromatic nitrogens is 3. The molecule has 0 fully saturated rings. The zero-order chi connectivity index (χ0) is 19.5. The molecule has 0 aliphatic carbocycles. The largest absolute Gasteiger partial charge is 0.416 e. The fourth-order valence-electron chi connectivity index (χ4n) is 2.46. The van der Waals surface area contributed by atoms with E-state index < -0.39 is 11.7 Å². The van der Waals surface area contributed by atoms with Crippen molar-refractivity contribution in [1.82, 2.24) is 25.4 Å². The maximum Gasteiger partial charge on any atom is 0.416 e. The number of nitrogens with zero attached hydrogens (tertiary/aromatic N) is 4. The second-order valence-electron chi connectivity index (χ2n) is 6.04. The second-order valence-corrected chi connectivity index (χ2v) is 6.04. The van der Waals surface area contributed by atoms with Crippen LogP contribution in [-0.4, -0.2) is 40.4 Å². The van der Waals surface area contributed by atoms with Crippen molar-refractivity contribution in [3.05, 3.63) is 48.0 Å². The Morgan fingerprint density at radius 3 is 2.36 bits per heavy atom. The lowest BCUT2D eigenvalue weighted by atomic mass is 10.1. The molecule has 0 aliphatic heterocycles. The van der Waals surface area contributed by atoms with Crippen molar-refractivity contribution in [2.24, 2.45) is 4.99 Å². The molecule has 1 aromatic carbocycles. The minimum absolute atomic E-state index is 0. The maximum absolute atomic E-state index is 12.6. The molecule has 6 nitrogen and oxygen atoms in total. The monoisotopic (exact) mass is 510 g/mol. The molecule has 0 radical (unpaired) electrons. The van der Waals surface area contributed by atoms with Crippen LogP contribution in [0.15, 0.2) is 41.9 Å². The van der Waals surface area contributed by atoms with Crippen LogP contribution in [0.2, 0.25) is 0 Å². The molecule has 0 amide bonds. The van der Waals surface area contributed by atoms with Gasteiger partial charge in [0.05, 0.1) is 5.56 Å². The second kappa shape index (κ2) is 12.6. The molecule has 2 aromatic rings. The highest BCUT2D eigenvalue weighted by Crippen LogP contribution is 2.29. The van der Waals surface area contributed by atoms with Crippen molar-refractivity contribution in [1.29, 1.82) is 0 Å². The summed E-state index contributed by atoms with van der Waals surface area (Å²) in [6.45, 7) is 4.88. The molecule has 0 saturated carbocycles. The highest BCUT2D eigenvalue weighted by molar-refractivity contribution is 14.0. The SMILES string of the molecule is CCNC(=NCCCCn1cnnc1)NCCc1ccc(C(F)(F)F)cc1.I. The first-order valence-corrected chi connectivity index (χ1v) is 8.99. The van der Waals surface area contributed by atoms with Gasteiger partial charge in [-0.2, -0.15) is 13.2 Å². The molecule has 1 heterocycles. The van der Waals surface area contributed by atoms with Gasteiger partial charge in [-0.3, -0.25) is 4.99 Å². The highest BCUT2D eigenvalue weighted by Gasteiger charge is 2.29. The average Bonchev–Trinajstić information content (AvgIpc) is 3.14. The highest BCUT2D eigenvalue weighted by atomic mass is 127. The predicted octanol–water partition coefficient (Wildman–Crippen LogP) is 3.49. The standard InChI is InChI=1S/C18H25F3N6.HI/c1-2-22-17(23-10-3-4-12-27-13-25-26-14-27)24-11-9-15-5-7-16(8-6-15)18(19,20)21;/h5-8,13-14H,2-4,9-12H2,1H3,(H2,22,23,24);1H. The minimum Gasteiger partial charge on any atom is -0.357 e. The molecule has 0 unspecified atom stereocenters. The van der Waals surface area contributed by atoms with Gasteiger partial charge in [-0.15, -0.1) is 34.2 Å². The maximum atomic E-state index is 12.6. The van der Waals surface area contributed by atoms with Crippen molar-refractivity contribution >= 4 is 29.9 Å². The van der Waals surface area contributed by atoms with Crippen LogP contribution >= 0.6 is 24.0 Å². The summed E-state index contributed by atoms with van der Waals surface area (Å²) in [6.07, 6.45) is 1.62. The Morgan fingerprint density at radius 2 is 1.75 bits per heavy atom. The van der Waals surface area contributed by atoms with E-state index in [4.69, 9.17) is 0 Å². The Hall–Kier alpha value is -1.85. The van der Waals surface area contributed by atoms with E-state index in [0.29, 0.717) is 25.5 Å². The van der Waals surface area contributed by atoms with Crippen LogP contribution in [0, 0.1) is 0 Å². The number of rotatable bonds is 9. The summed E-state index contributed by atoms with van der Waals surface area (Å²) < 4.78 is 39.6. The lowest BCUT2D eigenvalue weighted by molar-refractivity contribution is -0.137. The zero-order valence-electron chi connectivity index (χ0n) is 15.7. The predicted molar refractivity (Wildman–Crippen MR) is 114 cm³/mol. The average molecular weight is 510 g/mol. The number of nitrogens with one attached hydrogen (secondary N) is 2. The molecule has 0 bridgehead atoms. The van der Waals surface area contributed by atoms with Gasteiger partial charge < -0.3 is 15.2 Å². The van der Waals surface area contributed by atoms with Gasteiger partial charge in [-0.1, -0.05) is 12.1 Å². The number of hydrogen-bond donors (Lipinski definition) is 2. The number of alkyl halides is 3. The van der Waals surface area contributed by atoms with Gasteiger partial charge in [0.2, 0.25) is 0 Å². The third kappa shape index (κ3) is 8.89. The summed E-state index contributed by atoms with van der Waals surface area (Å²) >= 11 is 0. The molecule has 156 valence electrons. The molecular formula is C18H26F3IN6. The Bertz CT molecular complexity index is 686. The van der Waals surface area contributed by atoms with Crippen LogP contribution in [-0.2, 0) is 19.1 Å². The van der Waals surface area contributed by atoms with Crippen LogP contribution < -0.4 is 10.6 Å². The third-order valence-electron chi connectivity index (χ3n) is 3.89. The summed E-state index contributed by atoms with van der Waals surface area (Å²) in [7, 11) is 0. The van der Waals surface area contributed by atoms with Gasteiger partial charge in [0.15, 0.2) is 5.96 Å². The van der Waals surface area contributed by atoms with Crippen LogP contribution in [0.5, 0.6) is 0 Å². The van der Waals surface area contributed by atoms with Gasteiger partial charge in [-0.25, -0.2) is 0 Å². The molecule has 10 heteroatoms. The first kappa shape index (κ1) is 24.2. The fourth-order valence-corrected chi connectivity index (χ4v) is 2.46. The zero-order valence-corrected chi connectivity index (χ0v) is 18.1. The molecule has 2 rings (SSSR count). The Labute approximate surface area is 180 Å². The number of halogens is 4. The van der Waals surface area contributed by atoms with E-state index in [-0.39, 0.29) is 24.0 Å². The molecular weight excluding hydrogens is 484 g/mol. The van der Waals surface area contributed by atoms with Crippen molar-refractivity contribution in [3.63, 3.8) is 0 Å². The minimum atomic E-state index is -4.30. The number of guanidine groups is 1. The van der Waals surface area contributed by atoms with Crippen molar-refractivity contribution in [3.8, 4) is 0 Å². The molecule has 0 atom stereocenters. The lowest BCUT2D eigenvalue weighted by Gasteiger charge is -2.12. The quantitative estimate of drug-likeness (QED) is 0.235. The summed E-state index contributed by atoms with van der Waals surface area (Å²) in [5.74, 6) is 0.716. The number of hydrogen-bond acceptors (Lipinski definition) is 3. The first-order valence-electron chi connectivity index (χ1n) is 8.99. The van der Waals surface area contributed by atoms with E-state index in [2.05, 4.69) is 25.8 Å². The molecule has 1 aromatic heterocycles. The summed E-state index contributed by atoms with van der Waals surface area (Å²) in [5.41, 5.74) is 0.223. The normalized spacial score (nSPS) is 11.8. The lowest BCUT2D eigenvalue weighted by Crippen LogP contribution is -2.38. The first-order chi connectivity index (χ1) is 13.0. The van der Waals surface area contributed by atoms with E-state index in [1.165, 1.54) is 12.1 Å². The van der Waals surface area contributed by atoms with Gasteiger partial charge in [0.1, 0.15) is 12.7 Å². The van der Waals surface area contributed by atoms with Gasteiger partial charge in [-0.05, 0) is 43.9 Å². The molecule has 0 aliphatic rings. The van der Waals surface area contributed by atoms with Crippen LogP contribution in [0.4, 0.5) is 13.2 Å². The number of aliphatic imine (C=N–C) groups is 1.